The summed E-state index contributed by atoms with van der Waals surface area (Å²) in [5.74, 6) is 0.624. The molecule has 1 aromatic heterocycles. The van der Waals surface area contributed by atoms with Gasteiger partial charge in [0.1, 0.15) is 6.07 Å². The Kier molecular flexibility index (Phi) is 4.51. The van der Waals surface area contributed by atoms with E-state index in [4.69, 9.17) is 5.73 Å². The van der Waals surface area contributed by atoms with Gasteiger partial charge in [0, 0.05) is 18.8 Å². The van der Waals surface area contributed by atoms with E-state index < -0.39 is 0 Å². The van der Waals surface area contributed by atoms with Crippen molar-refractivity contribution in [2.45, 2.75) is 19.9 Å². The van der Waals surface area contributed by atoms with Crippen LogP contribution in [-0.2, 0) is 6.54 Å². The molecule has 1 aromatic carbocycles. The third kappa shape index (κ3) is 3.23. The van der Waals surface area contributed by atoms with Crippen LogP contribution in [0.15, 0.2) is 36.5 Å². The summed E-state index contributed by atoms with van der Waals surface area (Å²) >= 11 is 0. The van der Waals surface area contributed by atoms with Gasteiger partial charge in [0.05, 0.1) is 11.8 Å². The summed E-state index contributed by atoms with van der Waals surface area (Å²) in [7, 11) is 0. The molecule has 0 unspecified atom stereocenters. The third-order valence-electron chi connectivity index (χ3n) is 2.94. The largest absolute Gasteiger partial charge is 0.399 e. The monoisotopic (exact) mass is 267 g/mol. The Morgan fingerprint density at radius 3 is 2.90 bits per heavy atom. The Labute approximate surface area is 118 Å². The van der Waals surface area contributed by atoms with Crippen LogP contribution < -0.4 is 10.6 Å². The van der Waals surface area contributed by atoms with E-state index in [2.05, 4.69) is 28.1 Å². The Morgan fingerprint density at radius 2 is 2.20 bits per heavy atom. The zero-order valence-electron chi connectivity index (χ0n) is 11.5. The van der Waals surface area contributed by atoms with E-state index in [1.807, 2.05) is 24.3 Å². The summed E-state index contributed by atoms with van der Waals surface area (Å²) in [5, 5.41) is 17.2. The second-order valence-corrected chi connectivity index (χ2v) is 4.55. The Morgan fingerprint density at radius 1 is 1.35 bits per heavy atom. The number of nitrogens with zero attached hydrogens (tertiary/aromatic N) is 4. The molecule has 102 valence electrons. The van der Waals surface area contributed by atoms with Crippen molar-refractivity contribution in [3.63, 3.8) is 0 Å². The molecule has 5 nitrogen and oxygen atoms in total. The van der Waals surface area contributed by atoms with Crippen molar-refractivity contribution < 1.29 is 0 Å². The molecule has 5 heteroatoms. The van der Waals surface area contributed by atoms with Gasteiger partial charge in [0.2, 0.25) is 0 Å². The topological polar surface area (TPSA) is 78.8 Å². The number of nitrogens with two attached hydrogens (primary N) is 1. The predicted octanol–water partition coefficient (Wildman–Crippen LogP) is 2.35. The minimum absolute atomic E-state index is 0.539. The molecule has 2 rings (SSSR count). The standard InChI is InChI=1S/C15H17N5/c1-2-8-20(11-12-4-3-5-14(17)9-12)15-13(10-16)6-7-18-19-15/h3-7,9H,2,8,11,17H2,1H3. The molecule has 0 bridgehead atoms. The van der Waals surface area contributed by atoms with Gasteiger partial charge in [-0.05, 0) is 30.2 Å². The van der Waals surface area contributed by atoms with Gasteiger partial charge in [-0.3, -0.25) is 0 Å². The summed E-state index contributed by atoms with van der Waals surface area (Å²) in [5.41, 5.74) is 8.17. The smallest absolute Gasteiger partial charge is 0.169 e. The molecule has 0 spiro atoms. The molecule has 0 saturated carbocycles. The van der Waals surface area contributed by atoms with Crippen LogP contribution in [0.25, 0.3) is 0 Å². The fourth-order valence-corrected chi connectivity index (χ4v) is 2.09. The Bertz CT molecular complexity index is 618. The van der Waals surface area contributed by atoms with E-state index in [9.17, 15) is 5.26 Å². The fourth-order valence-electron chi connectivity index (χ4n) is 2.09. The third-order valence-corrected chi connectivity index (χ3v) is 2.94. The van der Waals surface area contributed by atoms with Gasteiger partial charge in [0.25, 0.3) is 0 Å². The number of anilines is 2. The molecule has 0 amide bonds. The number of benzene rings is 1. The van der Waals surface area contributed by atoms with Crippen LogP contribution in [0.5, 0.6) is 0 Å². The molecule has 0 atom stereocenters. The quantitative estimate of drug-likeness (QED) is 0.841. The molecule has 0 radical (unpaired) electrons. The maximum Gasteiger partial charge on any atom is 0.169 e. The second-order valence-electron chi connectivity index (χ2n) is 4.55. The second kappa shape index (κ2) is 6.53. The molecule has 1 heterocycles. The summed E-state index contributed by atoms with van der Waals surface area (Å²) in [6, 6.07) is 11.6. The van der Waals surface area contributed by atoms with Crippen LogP contribution in [-0.4, -0.2) is 16.7 Å². The first-order chi connectivity index (χ1) is 9.74. The van der Waals surface area contributed by atoms with Crippen LogP contribution in [0.1, 0.15) is 24.5 Å². The van der Waals surface area contributed by atoms with Gasteiger partial charge in [-0.25, -0.2) is 0 Å². The first-order valence-corrected chi connectivity index (χ1v) is 6.55. The lowest BCUT2D eigenvalue weighted by Crippen LogP contribution is -2.25. The van der Waals surface area contributed by atoms with Crippen LogP contribution in [0, 0.1) is 11.3 Å². The average Bonchev–Trinajstić information content (AvgIpc) is 2.47. The average molecular weight is 267 g/mol. The van der Waals surface area contributed by atoms with E-state index in [1.54, 1.807) is 6.07 Å². The molecule has 0 saturated heterocycles. The molecule has 2 N–H and O–H groups in total. The number of nitrogen functional groups attached to an aromatic ring is 1. The van der Waals surface area contributed by atoms with Crippen LogP contribution in [0.2, 0.25) is 0 Å². The highest BCUT2D eigenvalue weighted by Crippen LogP contribution is 2.19. The first kappa shape index (κ1) is 13.8. The SMILES string of the molecule is CCCN(Cc1cccc(N)c1)c1nnccc1C#N. The number of aromatic nitrogens is 2. The minimum Gasteiger partial charge on any atom is -0.399 e. The lowest BCUT2D eigenvalue weighted by molar-refractivity contribution is 0.743. The molecule has 0 aliphatic carbocycles. The van der Waals surface area contributed by atoms with E-state index in [0.717, 1.165) is 24.2 Å². The number of rotatable bonds is 5. The summed E-state index contributed by atoms with van der Waals surface area (Å²) < 4.78 is 0. The lowest BCUT2D eigenvalue weighted by atomic mass is 10.1. The molecule has 0 aliphatic rings. The molecule has 2 aromatic rings. The highest BCUT2D eigenvalue weighted by Gasteiger charge is 2.13. The van der Waals surface area contributed by atoms with Crippen LogP contribution in [0.3, 0.4) is 0 Å². The van der Waals surface area contributed by atoms with Gasteiger partial charge in [0.15, 0.2) is 5.82 Å². The van der Waals surface area contributed by atoms with E-state index in [-0.39, 0.29) is 0 Å². The predicted molar refractivity (Wildman–Crippen MR) is 78.9 cm³/mol. The van der Waals surface area contributed by atoms with E-state index >= 15 is 0 Å². The van der Waals surface area contributed by atoms with Gasteiger partial charge in [-0.2, -0.15) is 10.4 Å². The maximum atomic E-state index is 9.18. The van der Waals surface area contributed by atoms with Crippen LogP contribution in [0.4, 0.5) is 11.5 Å². The van der Waals surface area contributed by atoms with Crippen molar-refractivity contribution in [1.82, 2.24) is 10.2 Å². The number of hydrogen-bond acceptors (Lipinski definition) is 5. The molecule has 0 aliphatic heterocycles. The van der Waals surface area contributed by atoms with Gasteiger partial charge in [-0.1, -0.05) is 19.1 Å². The van der Waals surface area contributed by atoms with E-state index in [0.29, 0.717) is 17.9 Å². The summed E-state index contributed by atoms with van der Waals surface area (Å²) in [6.07, 6.45) is 2.50. The fraction of sp³-hybridized carbons (Fsp3) is 0.267. The normalized spacial score (nSPS) is 10.0. The zero-order valence-corrected chi connectivity index (χ0v) is 11.5. The number of hydrogen-bond donors (Lipinski definition) is 1. The van der Waals surface area contributed by atoms with Crippen molar-refractivity contribution in [3.8, 4) is 6.07 Å². The molecule has 20 heavy (non-hydrogen) atoms. The van der Waals surface area contributed by atoms with Gasteiger partial charge >= 0.3 is 0 Å². The Balaban J connectivity index is 2.29. The maximum absolute atomic E-state index is 9.18. The van der Waals surface area contributed by atoms with Crippen molar-refractivity contribution in [1.29, 1.82) is 5.26 Å². The Hall–Kier alpha value is -2.61. The van der Waals surface area contributed by atoms with E-state index in [1.165, 1.54) is 6.20 Å². The van der Waals surface area contributed by atoms with Crippen molar-refractivity contribution in [2.75, 3.05) is 17.2 Å². The van der Waals surface area contributed by atoms with Crippen molar-refractivity contribution >= 4 is 11.5 Å². The van der Waals surface area contributed by atoms with Crippen molar-refractivity contribution in [3.05, 3.63) is 47.7 Å². The summed E-state index contributed by atoms with van der Waals surface area (Å²) in [4.78, 5) is 2.06. The minimum atomic E-state index is 0.539. The van der Waals surface area contributed by atoms with Crippen LogP contribution >= 0.6 is 0 Å². The highest BCUT2D eigenvalue weighted by atomic mass is 15.3. The summed E-state index contributed by atoms with van der Waals surface area (Å²) in [6.45, 7) is 3.56. The highest BCUT2D eigenvalue weighted by molar-refractivity contribution is 5.53. The lowest BCUT2D eigenvalue weighted by Gasteiger charge is -2.23. The molecular weight excluding hydrogens is 250 g/mol. The first-order valence-electron chi connectivity index (χ1n) is 6.55. The molecule has 0 fully saturated rings. The molecular formula is C15H17N5. The van der Waals surface area contributed by atoms with Gasteiger partial charge in [-0.15, -0.1) is 5.10 Å². The van der Waals surface area contributed by atoms with Gasteiger partial charge < -0.3 is 10.6 Å². The van der Waals surface area contributed by atoms with Crippen molar-refractivity contribution in [2.24, 2.45) is 0 Å². The zero-order chi connectivity index (χ0) is 14.4. The number of nitriles is 1.